The highest BCUT2D eigenvalue weighted by molar-refractivity contribution is 6.03. The van der Waals surface area contributed by atoms with E-state index in [1.165, 1.54) is 12.7 Å². The van der Waals surface area contributed by atoms with Gasteiger partial charge in [-0.2, -0.15) is 0 Å². The number of ether oxygens (including phenoxy) is 1. The topological polar surface area (TPSA) is 82.7 Å². The summed E-state index contributed by atoms with van der Waals surface area (Å²) in [6.45, 7) is 7.97. The van der Waals surface area contributed by atoms with Gasteiger partial charge in [0.05, 0.1) is 24.4 Å². The van der Waals surface area contributed by atoms with Gasteiger partial charge in [0.1, 0.15) is 0 Å². The van der Waals surface area contributed by atoms with Gasteiger partial charge in [0, 0.05) is 38.3 Å². The van der Waals surface area contributed by atoms with Crippen LogP contribution in [0.3, 0.4) is 0 Å². The van der Waals surface area contributed by atoms with Crippen molar-refractivity contribution in [2.24, 2.45) is 0 Å². The van der Waals surface area contributed by atoms with Gasteiger partial charge >= 0.3 is 5.97 Å². The van der Waals surface area contributed by atoms with E-state index in [1.54, 1.807) is 13.8 Å². The van der Waals surface area contributed by atoms with Crippen LogP contribution in [0.15, 0.2) is 30.3 Å². The van der Waals surface area contributed by atoms with E-state index < -0.39 is 5.97 Å². The van der Waals surface area contributed by atoms with Crippen molar-refractivity contribution in [1.29, 1.82) is 0 Å². The van der Waals surface area contributed by atoms with Crippen molar-refractivity contribution in [3.8, 4) is 0 Å². The lowest BCUT2D eigenvalue weighted by molar-refractivity contribution is -0.133. The number of carbonyl (C=O) groups is 3. The number of nitrogens with one attached hydrogen (secondary N) is 1. The average Bonchev–Trinajstić information content (AvgIpc) is 3.12. The molecule has 2 aromatic rings. The summed E-state index contributed by atoms with van der Waals surface area (Å²) in [6.07, 6.45) is 2.28. The number of benzene rings is 1. The third-order valence-corrected chi connectivity index (χ3v) is 6.37. The van der Waals surface area contributed by atoms with E-state index in [4.69, 9.17) is 4.74 Å². The molecule has 1 aliphatic heterocycles. The smallest absolute Gasteiger partial charge is 0.339 e. The molecule has 1 fully saturated rings. The highest BCUT2D eigenvalue weighted by Crippen LogP contribution is 2.22. The molecule has 3 rings (SSSR count). The van der Waals surface area contributed by atoms with Gasteiger partial charge in [0.2, 0.25) is 5.91 Å². The van der Waals surface area contributed by atoms with Crippen LogP contribution >= 0.6 is 0 Å². The average molecular weight is 440 g/mol. The quantitative estimate of drug-likeness (QED) is 0.505. The van der Waals surface area contributed by atoms with Crippen molar-refractivity contribution in [3.05, 3.63) is 58.4 Å². The first-order valence-electron chi connectivity index (χ1n) is 11.2. The summed E-state index contributed by atoms with van der Waals surface area (Å²) in [4.78, 5) is 44.8. The van der Waals surface area contributed by atoms with Gasteiger partial charge in [-0.05, 0) is 44.7 Å². The van der Waals surface area contributed by atoms with Gasteiger partial charge in [-0.3, -0.25) is 14.5 Å². The molecule has 7 nitrogen and oxygen atoms in total. The number of H-pyrrole nitrogens is 1. The van der Waals surface area contributed by atoms with Crippen LogP contribution in [-0.2, 0) is 16.0 Å². The lowest BCUT2D eigenvalue weighted by Gasteiger charge is -2.37. The summed E-state index contributed by atoms with van der Waals surface area (Å²) in [5.41, 5.74) is 3.39. The molecule has 0 spiro atoms. The number of Topliss-reactive ketones (excluding diaryl/α,β-unsaturated/α-hetero) is 1. The van der Waals surface area contributed by atoms with E-state index in [0.29, 0.717) is 55.1 Å². The Labute approximate surface area is 189 Å². The van der Waals surface area contributed by atoms with Crippen molar-refractivity contribution in [2.75, 3.05) is 33.3 Å². The van der Waals surface area contributed by atoms with Gasteiger partial charge in [0.25, 0.3) is 0 Å². The molecule has 2 heterocycles. The third kappa shape index (κ3) is 5.27. The van der Waals surface area contributed by atoms with Crippen LogP contribution in [0.5, 0.6) is 0 Å². The summed E-state index contributed by atoms with van der Waals surface area (Å²) in [7, 11) is 1.33. The predicted molar refractivity (Wildman–Crippen MR) is 123 cm³/mol. The second-order valence-electron chi connectivity index (χ2n) is 8.41. The number of aromatic nitrogens is 1. The largest absolute Gasteiger partial charge is 0.465 e. The van der Waals surface area contributed by atoms with Gasteiger partial charge in [0.15, 0.2) is 5.78 Å². The summed E-state index contributed by atoms with van der Waals surface area (Å²) in [5.74, 6) is -0.316. The van der Waals surface area contributed by atoms with Crippen molar-refractivity contribution < 1.29 is 19.1 Å². The first-order chi connectivity index (χ1) is 15.3. The molecular weight excluding hydrogens is 406 g/mol. The van der Waals surface area contributed by atoms with Gasteiger partial charge in [-0.15, -0.1) is 0 Å². The Hall–Kier alpha value is -2.93. The zero-order valence-corrected chi connectivity index (χ0v) is 19.4. The first-order valence-corrected chi connectivity index (χ1v) is 11.2. The molecule has 172 valence electrons. The van der Waals surface area contributed by atoms with E-state index >= 15 is 0 Å². The van der Waals surface area contributed by atoms with Gasteiger partial charge in [-0.1, -0.05) is 30.3 Å². The fourth-order valence-corrected chi connectivity index (χ4v) is 4.38. The number of rotatable bonds is 8. The van der Waals surface area contributed by atoms with Crippen molar-refractivity contribution in [1.82, 2.24) is 14.8 Å². The van der Waals surface area contributed by atoms with Crippen LogP contribution in [0.2, 0.25) is 0 Å². The lowest BCUT2D eigenvalue weighted by atomic mass is 10.0. The Bertz CT molecular complexity index is 959. The molecule has 1 saturated heterocycles. The molecule has 0 aliphatic carbocycles. The molecule has 1 atom stereocenters. The van der Waals surface area contributed by atoms with E-state index in [-0.39, 0.29) is 17.7 Å². The minimum absolute atomic E-state index is 0.0524. The summed E-state index contributed by atoms with van der Waals surface area (Å²) in [6, 6.07) is 9.87. The maximum Gasteiger partial charge on any atom is 0.339 e. The molecule has 32 heavy (non-hydrogen) atoms. The molecule has 0 radical (unpaired) electrons. The van der Waals surface area contributed by atoms with Crippen LogP contribution in [0.25, 0.3) is 0 Å². The number of esters is 1. The number of nitrogens with zero attached hydrogens (tertiary/aromatic N) is 2. The normalized spacial score (nSPS) is 15.4. The molecular formula is C25H33N3O4. The molecule has 7 heteroatoms. The van der Waals surface area contributed by atoms with Crippen molar-refractivity contribution in [3.63, 3.8) is 0 Å². The van der Waals surface area contributed by atoms with E-state index in [0.717, 1.165) is 12.8 Å². The van der Waals surface area contributed by atoms with Crippen molar-refractivity contribution >= 4 is 17.7 Å². The van der Waals surface area contributed by atoms with Crippen LogP contribution < -0.4 is 0 Å². The maximum absolute atomic E-state index is 13.1. The molecule has 1 aromatic heterocycles. The molecule has 1 amide bonds. The summed E-state index contributed by atoms with van der Waals surface area (Å²) < 4.78 is 4.84. The lowest BCUT2D eigenvalue weighted by Crippen LogP contribution is -2.53. The van der Waals surface area contributed by atoms with Crippen LogP contribution in [0, 0.1) is 13.8 Å². The third-order valence-electron chi connectivity index (χ3n) is 6.37. The number of ketones is 1. The minimum atomic E-state index is -0.442. The fraction of sp³-hybridized carbons (Fsp3) is 0.480. The molecule has 0 bridgehead atoms. The highest BCUT2D eigenvalue weighted by Gasteiger charge is 2.31. The standard InChI is InChI=1S/C25H33N3O4/c1-17-22(25(31)32-4)18(2)26-23(17)24(30)19(3)27-13-15-28(16-14-27)21(29)12-8-11-20-9-6-5-7-10-20/h5-7,9-10,19,26H,8,11-16H2,1-4H3. The maximum atomic E-state index is 13.1. The Balaban J connectivity index is 1.52. The molecule has 1 N–H and O–H groups in total. The number of hydrogen-bond acceptors (Lipinski definition) is 5. The number of amides is 1. The first kappa shape index (κ1) is 23.7. The Morgan fingerprint density at radius 2 is 1.72 bits per heavy atom. The van der Waals surface area contributed by atoms with Gasteiger partial charge in [-0.25, -0.2) is 4.79 Å². The molecule has 1 aromatic carbocycles. The number of hydrogen-bond donors (Lipinski definition) is 1. The van der Waals surface area contributed by atoms with E-state index in [1.807, 2.05) is 30.0 Å². The monoisotopic (exact) mass is 439 g/mol. The Morgan fingerprint density at radius 1 is 1.06 bits per heavy atom. The van der Waals surface area contributed by atoms with Crippen LogP contribution in [0.1, 0.15) is 57.4 Å². The zero-order valence-electron chi connectivity index (χ0n) is 19.4. The van der Waals surface area contributed by atoms with E-state index in [2.05, 4.69) is 22.0 Å². The minimum Gasteiger partial charge on any atom is -0.465 e. The van der Waals surface area contributed by atoms with E-state index in [9.17, 15) is 14.4 Å². The number of piperazine rings is 1. The summed E-state index contributed by atoms with van der Waals surface area (Å²) >= 11 is 0. The molecule has 1 aliphatic rings. The second-order valence-corrected chi connectivity index (χ2v) is 8.41. The highest BCUT2D eigenvalue weighted by atomic mass is 16.5. The Morgan fingerprint density at radius 3 is 2.34 bits per heavy atom. The molecule has 1 unspecified atom stereocenters. The number of aromatic amines is 1. The SMILES string of the molecule is COC(=O)c1c(C)[nH]c(C(=O)C(C)N2CCN(C(=O)CCCc3ccccc3)CC2)c1C. The second kappa shape index (κ2) is 10.6. The predicted octanol–water partition coefficient (Wildman–Crippen LogP) is 3.16. The number of methoxy groups -OCH3 is 1. The van der Waals surface area contributed by atoms with Crippen LogP contribution in [-0.4, -0.2) is 71.8 Å². The van der Waals surface area contributed by atoms with Crippen molar-refractivity contribution in [2.45, 2.75) is 46.1 Å². The Kier molecular flexibility index (Phi) is 7.85. The number of aryl methyl sites for hydroxylation is 2. The zero-order chi connectivity index (χ0) is 23.3. The number of carbonyl (C=O) groups excluding carboxylic acids is 3. The molecule has 0 saturated carbocycles. The van der Waals surface area contributed by atoms with Crippen LogP contribution in [0.4, 0.5) is 0 Å². The fourth-order valence-electron chi connectivity index (χ4n) is 4.38. The summed E-state index contributed by atoms with van der Waals surface area (Å²) in [5, 5.41) is 0. The van der Waals surface area contributed by atoms with Gasteiger partial charge < -0.3 is 14.6 Å².